The molecule has 0 bridgehead atoms. The monoisotopic (exact) mass is 336 g/mol. The van der Waals surface area contributed by atoms with Crippen LogP contribution in [-0.2, 0) is 6.42 Å². The van der Waals surface area contributed by atoms with E-state index in [0.717, 1.165) is 5.56 Å². The van der Waals surface area contributed by atoms with E-state index in [1.807, 2.05) is 18.2 Å². The molecule has 0 saturated heterocycles. The summed E-state index contributed by atoms with van der Waals surface area (Å²) in [6.07, 6.45) is 2.23. The third-order valence-electron chi connectivity index (χ3n) is 3.53. The Morgan fingerprint density at radius 1 is 1.00 bits per heavy atom. The van der Waals surface area contributed by atoms with E-state index in [0.29, 0.717) is 24.6 Å². The fourth-order valence-electron chi connectivity index (χ4n) is 2.26. The van der Waals surface area contributed by atoms with Gasteiger partial charge in [-0.1, -0.05) is 30.3 Å². The zero-order valence-corrected chi connectivity index (χ0v) is 13.4. The number of carbonyl (C=O) groups is 1. The van der Waals surface area contributed by atoms with Crippen molar-refractivity contribution < 1.29 is 9.18 Å². The van der Waals surface area contributed by atoms with E-state index in [1.165, 1.54) is 18.3 Å². The van der Waals surface area contributed by atoms with Gasteiger partial charge >= 0.3 is 0 Å². The molecule has 1 aromatic heterocycles. The van der Waals surface area contributed by atoms with Crippen LogP contribution in [0.2, 0.25) is 0 Å². The Kier molecular flexibility index (Phi) is 5.31. The number of para-hydroxylation sites is 1. The molecule has 2 aromatic carbocycles. The first-order valence-electron chi connectivity index (χ1n) is 7.88. The Hall–Kier alpha value is -3.28. The van der Waals surface area contributed by atoms with E-state index in [9.17, 15) is 9.18 Å². The van der Waals surface area contributed by atoms with Crippen molar-refractivity contribution in [2.24, 2.45) is 0 Å². The van der Waals surface area contributed by atoms with E-state index in [-0.39, 0.29) is 17.4 Å². The first-order chi connectivity index (χ1) is 12.2. The van der Waals surface area contributed by atoms with Crippen molar-refractivity contribution in [3.05, 3.63) is 83.9 Å². The van der Waals surface area contributed by atoms with E-state index < -0.39 is 0 Å². The van der Waals surface area contributed by atoms with Crippen molar-refractivity contribution in [2.75, 3.05) is 17.2 Å². The molecule has 126 valence electrons. The van der Waals surface area contributed by atoms with Crippen molar-refractivity contribution >= 4 is 17.5 Å². The Morgan fingerprint density at radius 2 is 1.76 bits per heavy atom. The van der Waals surface area contributed by atoms with E-state index in [2.05, 4.69) is 20.6 Å². The maximum Gasteiger partial charge on any atom is 0.274 e. The highest BCUT2D eigenvalue weighted by Gasteiger charge is 2.09. The normalized spacial score (nSPS) is 10.3. The first kappa shape index (κ1) is 16.6. The van der Waals surface area contributed by atoms with Crippen LogP contribution in [0, 0.1) is 5.82 Å². The number of halogens is 1. The van der Waals surface area contributed by atoms with Crippen molar-refractivity contribution in [1.82, 2.24) is 9.97 Å². The lowest BCUT2D eigenvalue weighted by Gasteiger charge is -2.07. The van der Waals surface area contributed by atoms with Gasteiger partial charge in [0.1, 0.15) is 11.5 Å². The number of aromatic nitrogens is 2. The van der Waals surface area contributed by atoms with Gasteiger partial charge in [0, 0.05) is 18.4 Å². The standard InChI is InChI=1S/C19H17FN4O/c20-15-8-6-14(7-9-15)10-12-21-19-22-13-11-17(24-19)18(25)23-16-4-2-1-3-5-16/h1-9,11,13H,10,12H2,(H,23,25)(H,21,22,24). The lowest BCUT2D eigenvalue weighted by Crippen LogP contribution is -2.16. The van der Waals surface area contributed by atoms with Gasteiger partial charge in [0.25, 0.3) is 5.91 Å². The van der Waals surface area contributed by atoms with Crippen LogP contribution < -0.4 is 10.6 Å². The fourth-order valence-corrected chi connectivity index (χ4v) is 2.26. The average Bonchev–Trinajstić information content (AvgIpc) is 2.64. The Morgan fingerprint density at radius 3 is 2.52 bits per heavy atom. The smallest absolute Gasteiger partial charge is 0.274 e. The molecule has 0 radical (unpaired) electrons. The number of rotatable bonds is 6. The summed E-state index contributed by atoms with van der Waals surface area (Å²) >= 11 is 0. The van der Waals surface area contributed by atoms with E-state index in [1.54, 1.807) is 30.3 Å². The maximum atomic E-state index is 12.9. The van der Waals surface area contributed by atoms with Gasteiger partial charge in [-0.2, -0.15) is 0 Å². The molecule has 1 heterocycles. The third-order valence-corrected chi connectivity index (χ3v) is 3.53. The van der Waals surface area contributed by atoms with Gasteiger partial charge in [-0.15, -0.1) is 0 Å². The maximum absolute atomic E-state index is 12.9. The summed E-state index contributed by atoms with van der Waals surface area (Å²) in [4.78, 5) is 20.6. The summed E-state index contributed by atoms with van der Waals surface area (Å²) in [5, 5.41) is 5.85. The number of carbonyl (C=O) groups excluding carboxylic acids is 1. The van der Waals surface area contributed by atoms with Crippen molar-refractivity contribution in [3.8, 4) is 0 Å². The van der Waals surface area contributed by atoms with Crippen LogP contribution in [0.4, 0.5) is 16.0 Å². The second kappa shape index (κ2) is 8.01. The molecule has 1 amide bonds. The summed E-state index contributed by atoms with van der Waals surface area (Å²) in [6.45, 7) is 0.579. The second-order valence-electron chi connectivity index (χ2n) is 5.39. The quantitative estimate of drug-likeness (QED) is 0.723. The topological polar surface area (TPSA) is 66.9 Å². The fraction of sp³-hybridized carbons (Fsp3) is 0.105. The zero-order valence-electron chi connectivity index (χ0n) is 13.4. The Bertz CT molecular complexity index is 838. The van der Waals surface area contributed by atoms with Gasteiger partial charge in [0.15, 0.2) is 0 Å². The SMILES string of the molecule is O=C(Nc1ccccc1)c1ccnc(NCCc2ccc(F)cc2)n1. The molecule has 2 N–H and O–H groups in total. The minimum Gasteiger partial charge on any atom is -0.354 e. The first-order valence-corrected chi connectivity index (χ1v) is 7.88. The minimum atomic E-state index is -0.296. The number of anilines is 2. The zero-order chi connectivity index (χ0) is 17.5. The molecule has 0 spiro atoms. The molecule has 25 heavy (non-hydrogen) atoms. The van der Waals surface area contributed by atoms with Crippen LogP contribution in [0.5, 0.6) is 0 Å². The molecule has 0 aliphatic carbocycles. The van der Waals surface area contributed by atoms with Crippen molar-refractivity contribution in [3.63, 3.8) is 0 Å². The number of benzene rings is 2. The summed E-state index contributed by atoms with van der Waals surface area (Å²) in [7, 11) is 0. The predicted octanol–water partition coefficient (Wildman–Crippen LogP) is 3.52. The molecule has 0 saturated carbocycles. The Labute approximate surface area is 145 Å². The van der Waals surface area contributed by atoms with Gasteiger partial charge in [-0.25, -0.2) is 14.4 Å². The summed E-state index contributed by atoms with van der Waals surface area (Å²) in [5.41, 5.74) is 1.99. The molecular formula is C19H17FN4O. The highest BCUT2D eigenvalue weighted by molar-refractivity contribution is 6.02. The number of amides is 1. The third kappa shape index (κ3) is 4.84. The molecule has 3 rings (SSSR count). The minimum absolute atomic E-state index is 0.253. The van der Waals surface area contributed by atoms with Gasteiger partial charge in [-0.05, 0) is 42.3 Å². The summed E-state index contributed by atoms with van der Waals surface area (Å²) in [6, 6.07) is 17.1. The van der Waals surface area contributed by atoms with Gasteiger partial charge < -0.3 is 10.6 Å². The second-order valence-corrected chi connectivity index (χ2v) is 5.39. The molecular weight excluding hydrogens is 319 g/mol. The summed E-state index contributed by atoms with van der Waals surface area (Å²) < 4.78 is 12.9. The van der Waals surface area contributed by atoms with Crippen LogP contribution in [0.3, 0.4) is 0 Å². The van der Waals surface area contributed by atoms with Crippen LogP contribution in [0.25, 0.3) is 0 Å². The highest BCUT2D eigenvalue weighted by atomic mass is 19.1. The largest absolute Gasteiger partial charge is 0.354 e. The molecule has 0 fully saturated rings. The van der Waals surface area contributed by atoms with Gasteiger partial charge in [0.2, 0.25) is 5.95 Å². The van der Waals surface area contributed by atoms with Crippen molar-refractivity contribution in [2.45, 2.75) is 6.42 Å². The van der Waals surface area contributed by atoms with Gasteiger partial charge in [0.05, 0.1) is 0 Å². The Balaban J connectivity index is 1.57. The molecule has 0 aliphatic rings. The highest BCUT2D eigenvalue weighted by Crippen LogP contribution is 2.09. The summed E-state index contributed by atoms with van der Waals surface area (Å²) in [5.74, 6) is -0.171. The molecule has 3 aromatic rings. The molecule has 6 heteroatoms. The lowest BCUT2D eigenvalue weighted by atomic mass is 10.1. The van der Waals surface area contributed by atoms with E-state index >= 15 is 0 Å². The van der Waals surface area contributed by atoms with Crippen molar-refractivity contribution in [1.29, 1.82) is 0 Å². The molecule has 0 atom stereocenters. The average molecular weight is 336 g/mol. The van der Waals surface area contributed by atoms with Crippen LogP contribution in [0.1, 0.15) is 16.1 Å². The molecule has 0 aliphatic heterocycles. The van der Waals surface area contributed by atoms with Crippen LogP contribution in [-0.4, -0.2) is 22.4 Å². The lowest BCUT2D eigenvalue weighted by molar-refractivity contribution is 0.102. The predicted molar refractivity (Wildman–Crippen MR) is 95.0 cm³/mol. The number of nitrogens with one attached hydrogen (secondary N) is 2. The van der Waals surface area contributed by atoms with E-state index in [4.69, 9.17) is 0 Å². The number of hydrogen-bond acceptors (Lipinski definition) is 4. The molecule has 0 unspecified atom stereocenters. The number of nitrogens with zero attached hydrogens (tertiary/aromatic N) is 2. The molecule has 5 nitrogen and oxygen atoms in total. The van der Waals surface area contributed by atoms with Crippen LogP contribution >= 0.6 is 0 Å². The van der Waals surface area contributed by atoms with Gasteiger partial charge in [-0.3, -0.25) is 4.79 Å². The number of hydrogen-bond donors (Lipinski definition) is 2. The van der Waals surface area contributed by atoms with Crippen LogP contribution in [0.15, 0.2) is 66.9 Å².